The predicted octanol–water partition coefficient (Wildman–Crippen LogP) is 4.23. The van der Waals surface area contributed by atoms with Gasteiger partial charge in [-0.05, 0) is 68.7 Å². The van der Waals surface area contributed by atoms with E-state index in [0.29, 0.717) is 44.5 Å². The molecule has 2 N–H and O–H groups in total. The number of carbonyl (C=O) groups excluding carboxylic acids is 3. The van der Waals surface area contributed by atoms with Crippen molar-refractivity contribution in [2.75, 3.05) is 25.1 Å². The van der Waals surface area contributed by atoms with Crippen LogP contribution in [0.3, 0.4) is 0 Å². The van der Waals surface area contributed by atoms with Crippen LogP contribution in [0.25, 0.3) is 0 Å². The maximum absolute atomic E-state index is 14.0. The van der Waals surface area contributed by atoms with E-state index in [1.165, 1.54) is 16.7 Å². The fraction of sp³-hybridized carbons (Fsp3) is 0.500. The number of hydrogen-bond donors (Lipinski definition) is 2. The van der Waals surface area contributed by atoms with Crippen LogP contribution in [-0.2, 0) is 37.5 Å². The topological polar surface area (TPSA) is 116 Å². The van der Waals surface area contributed by atoms with Crippen LogP contribution in [0.4, 0.5) is 4.79 Å². The Bertz CT molecular complexity index is 1290. The van der Waals surface area contributed by atoms with Gasteiger partial charge in [-0.1, -0.05) is 54.6 Å². The van der Waals surface area contributed by atoms with Crippen LogP contribution in [0.2, 0.25) is 0 Å². The van der Waals surface area contributed by atoms with Crippen LogP contribution in [0.15, 0.2) is 54.6 Å². The number of nitrogens with one attached hydrogen (secondary N) is 1. The molecule has 0 saturated carbocycles. The number of nitrogens with zero attached hydrogens (tertiary/aromatic N) is 2. The highest BCUT2D eigenvalue weighted by Gasteiger charge is 2.47. The third-order valence-electron chi connectivity index (χ3n) is 8.07. The molecule has 2 atom stereocenters. The number of aliphatic carboxylic acids is 1. The monoisotopic (exact) mass is 595 g/mol. The Hall–Kier alpha value is -3.53. The molecule has 0 bridgehead atoms. The van der Waals surface area contributed by atoms with Gasteiger partial charge in [0.15, 0.2) is 0 Å². The Kier molecular flexibility index (Phi) is 9.86. The molecule has 2 unspecified atom stereocenters. The number of thioether (sulfide) groups is 1. The molecule has 1 saturated heterocycles. The van der Waals surface area contributed by atoms with E-state index in [4.69, 9.17) is 4.74 Å². The summed E-state index contributed by atoms with van der Waals surface area (Å²) < 4.78 is 5.68. The number of carboxylic acids is 1. The maximum Gasteiger partial charge on any atom is 0.411 e. The van der Waals surface area contributed by atoms with Crippen molar-refractivity contribution in [2.45, 2.75) is 76.1 Å². The van der Waals surface area contributed by atoms with E-state index in [0.717, 1.165) is 16.7 Å². The zero-order chi connectivity index (χ0) is 30.5. The molecule has 0 spiro atoms. The number of carbonyl (C=O) groups is 4. The zero-order valence-corrected chi connectivity index (χ0v) is 25.6. The Morgan fingerprint density at radius 1 is 1.02 bits per heavy atom. The van der Waals surface area contributed by atoms with Gasteiger partial charge in [-0.25, -0.2) is 9.59 Å². The minimum atomic E-state index is -1.06. The first-order valence-electron chi connectivity index (χ1n) is 14.4. The molecular formula is C32H41N3O6S. The first-order valence-corrected chi connectivity index (χ1v) is 15.8. The Morgan fingerprint density at radius 2 is 1.64 bits per heavy atom. The number of carboxylic acid groups (broad SMARTS) is 1. The summed E-state index contributed by atoms with van der Waals surface area (Å²) >= 11 is 1.53. The molecule has 2 heterocycles. The predicted molar refractivity (Wildman–Crippen MR) is 162 cm³/mol. The molecule has 2 aliphatic rings. The standard InChI is InChI=1S/C32H41N3O6S/c1-31(2,3)41-30(40)35-21-23-11-9-8-10-22(23)20-26(35)27(36)34-17-15-32(16-18-34,24-12-6-5-7-13-24)29(39)33-25(28(37)38)14-19-42-4/h5-13,25-26H,14-21H2,1-4H3,(H,33,39)(H,37,38). The summed E-state index contributed by atoms with van der Waals surface area (Å²) in [6.45, 7) is 6.27. The lowest BCUT2D eigenvalue weighted by Gasteiger charge is -2.44. The van der Waals surface area contributed by atoms with Crippen LogP contribution in [0.1, 0.15) is 56.7 Å². The van der Waals surface area contributed by atoms with Gasteiger partial charge in [-0.3, -0.25) is 14.5 Å². The molecule has 3 amide bonds. The molecule has 226 valence electrons. The van der Waals surface area contributed by atoms with Crippen molar-refractivity contribution in [3.05, 3.63) is 71.3 Å². The molecule has 2 aromatic carbocycles. The number of ether oxygens (including phenoxy) is 1. The quantitative estimate of drug-likeness (QED) is 0.469. The third-order valence-corrected chi connectivity index (χ3v) is 8.71. The van der Waals surface area contributed by atoms with Crippen LogP contribution in [-0.4, -0.2) is 81.6 Å². The SMILES string of the molecule is CSCCC(NC(=O)C1(c2ccccc2)CCN(C(=O)C2Cc3ccccc3CN2C(=O)OC(C)(C)C)CC1)C(=O)O. The second kappa shape index (κ2) is 13.2. The number of hydrogen-bond acceptors (Lipinski definition) is 6. The second-order valence-electron chi connectivity index (χ2n) is 12.0. The van der Waals surface area contributed by atoms with Gasteiger partial charge in [0, 0.05) is 19.5 Å². The smallest absolute Gasteiger partial charge is 0.411 e. The van der Waals surface area contributed by atoms with Crippen molar-refractivity contribution in [3.63, 3.8) is 0 Å². The minimum absolute atomic E-state index is 0.180. The third kappa shape index (κ3) is 7.09. The normalized spacial score (nSPS) is 18.9. The van der Waals surface area contributed by atoms with E-state index in [9.17, 15) is 24.3 Å². The molecule has 9 nitrogen and oxygen atoms in total. The van der Waals surface area contributed by atoms with Gasteiger partial charge in [0.05, 0.1) is 12.0 Å². The van der Waals surface area contributed by atoms with Crippen LogP contribution < -0.4 is 5.32 Å². The first kappa shape index (κ1) is 31.4. The average Bonchev–Trinajstić information content (AvgIpc) is 2.97. The highest BCUT2D eigenvalue weighted by molar-refractivity contribution is 7.98. The molecule has 0 aliphatic carbocycles. The lowest BCUT2D eigenvalue weighted by molar-refractivity contribution is -0.144. The summed E-state index contributed by atoms with van der Waals surface area (Å²) in [6, 6.07) is 15.5. The number of likely N-dealkylation sites (tertiary alicyclic amines) is 1. The Labute approximate surface area is 252 Å². The summed E-state index contributed by atoms with van der Waals surface area (Å²) in [5.41, 5.74) is 1.12. The largest absolute Gasteiger partial charge is 0.480 e. The minimum Gasteiger partial charge on any atom is -0.480 e. The summed E-state index contributed by atoms with van der Waals surface area (Å²) in [4.78, 5) is 56.3. The summed E-state index contributed by atoms with van der Waals surface area (Å²) in [5, 5.41) is 12.5. The second-order valence-corrected chi connectivity index (χ2v) is 13.0. The van der Waals surface area contributed by atoms with Gasteiger partial charge in [0.2, 0.25) is 11.8 Å². The summed E-state index contributed by atoms with van der Waals surface area (Å²) in [6.07, 6.45) is 2.73. The number of rotatable bonds is 8. The highest BCUT2D eigenvalue weighted by atomic mass is 32.2. The van der Waals surface area contributed by atoms with Crippen molar-refractivity contribution in [2.24, 2.45) is 0 Å². The van der Waals surface area contributed by atoms with Crippen molar-refractivity contribution in [3.8, 4) is 0 Å². The molecule has 10 heteroatoms. The number of piperidine rings is 1. The van der Waals surface area contributed by atoms with Crippen molar-refractivity contribution in [1.82, 2.24) is 15.1 Å². The number of amides is 3. The number of benzene rings is 2. The van der Waals surface area contributed by atoms with Crippen molar-refractivity contribution >= 4 is 35.6 Å². The van der Waals surface area contributed by atoms with Crippen molar-refractivity contribution < 1.29 is 29.0 Å². The molecule has 42 heavy (non-hydrogen) atoms. The maximum atomic E-state index is 14.0. The summed E-state index contributed by atoms with van der Waals surface area (Å²) in [7, 11) is 0. The van der Waals surface area contributed by atoms with Crippen LogP contribution >= 0.6 is 11.8 Å². The average molecular weight is 596 g/mol. The Morgan fingerprint density at radius 3 is 2.24 bits per heavy atom. The fourth-order valence-electron chi connectivity index (χ4n) is 5.77. The molecule has 4 rings (SSSR count). The Balaban J connectivity index is 1.56. The zero-order valence-electron chi connectivity index (χ0n) is 24.8. The molecule has 0 aromatic heterocycles. The van der Waals surface area contributed by atoms with Gasteiger partial charge in [-0.2, -0.15) is 11.8 Å². The summed E-state index contributed by atoms with van der Waals surface area (Å²) in [5.74, 6) is -0.971. The van der Waals surface area contributed by atoms with Gasteiger partial charge < -0.3 is 20.1 Å². The van der Waals surface area contributed by atoms with Gasteiger partial charge in [-0.15, -0.1) is 0 Å². The molecule has 2 aliphatic heterocycles. The highest BCUT2D eigenvalue weighted by Crippen LogP contribution is 2.37. The van der Waals surface area contributed by atoms with E-state index in [1.807, 2.05) is 60.9 Å². The molecule has 0 radical (unpaired) electrons. The molecule has 2 aromatic rings. The molecule has 1 fully saturated rings. The van der Waals surface area contributed by atoms with E-state index in [1.54, 1.807) is 25.7 Å². The lowest BCUT2D eigenvalue weighted by atomic mass is 9.71. The molecular weight excluding hydrogens is 554 g/mol. The first-order chi connectivity index (χ1) is 19.9. The van der Waals surface area contributed by atoms with E-state index < -0.39 is 35.2 Å². The van der Waals surface area contributed by atoms with Crippen molar-refractivity contribution in [1.29, 1.82) is 0 Å². The lowest BCUT2D eigenvalue weighted by Crippen LogP contribution is -2.59. The van der Waals surface area contributed by atoms with Gasteiger partial charge >= 0.3 is 12.1 Å². The van der Waals surface area contributed by atoms with E-state index >= 15 is 0 Å². The van der Waals surface area contributed by atoms with Crippen LogP contribution in [0.5, 0.6) is 0 Å². The number of fused-ring (bicyclic) bond motifs is 1. The van der Waals surface area contributed by atoms with E-state index in [2.05, 4.69) is 5.32 Å². The van der Waals surface area contributed by atoms with Gasteiger partial charge in [0.25, 0.3) is 0 Å². The van der Waals surface area contributed by atoms with Crippen LogP contribution in [0, 0.1) is 0 Å². The fourth-order valence-corrected chi connectivity index (χ4v) is 6.24. The van der Waals surface area contributed by atoms with E-state index in [-0.39, 0.29) is 18.4 Å². The van der Waals surface area contributed by atoms with Gasteiger partial charge in [0.1, 0.15) is 17.7 Å².